The van der Waals surface area contributed by atoms with Crippen LogP contribution in [0.15, 0.2) is 72.8 Å². The highest BCUT2D eigenvalue weighted by atomic mass is 35.5. The van der Waals surface area contributed by atoms with E-state index >= 15 is 0 Å². The minimum atomic E-state index is -0.284. The zero-order valence-corrected chi connectivity index (χ0v) is 18.5. The molecule has 4 nitrogen and oxygen atoms in total. The van der Waals surface area contributed by atoms with Gasteiger partial charge in [0.25, 0.3) is 0 Å². The first-order valence-electron chi connectivity index (χ1n) is 10.8. The number of anilines is 1. The van der Waals surface area contributed by atoms with Crippen molar-refractivity contribution < 1.29 is 13.9 Å². The molecule has 0 bridgehead atoms. The van der Waals surface area contributed by atoms with Crippen molar-refractivity contribution in [3.63, 3.8) is 0 Å². The number of rotatable bonds is 7. The lowest BCUT2D eigenvalue weighted by Crippen LogP contribution is -2.38. The molecule has 1 aliphatic heterocycles. The van der Waals surface area contributed by atoms with Crippen molar-refractivity contribution in [3.05, 3.63) is 94.8 Å². The maximum Gasteiger partial charge on any atom is 0.227 e. The van der Waals surface area contributed by atoms with Gasteiger partial charge < -0.3 is 10.1 Å². The fraction of sp³-hybridized carbons (Fsp3) is 0.269. The lowest BCUT2D eigenvalue weighted by molar-refractivity contribution is -0.121. The predicted molar refractivity (Wildman–Crippen MR) is 125 cm³/mol. The number of benzene rings is 3. The van der Waals surface area contributed by atoms with Crippen molar-refractivity contribution in [2.45, 2.75) is 26.0 Å². The second-order valence-electron chi connectivity index (χ2n) is 8.04. The normalized spacial score (nSPS) is 14.8. The van der Waals surface area contributed by atoms with Crippen LogP contribution in [-0.4, -0.2) is 23.9 Å². The lowest BCUT2D eigenvalue weighted by atomic mass is 9.95. The van der Waals surface area contributed by atoms with Gasteiger partial charge >= 0.3 is 0 Å². The van der Waals surface area contributed by atoms with Crippen LogP contribution in [0, 0.1) is 11.7 Å². The summed E-state index contributed by atoms with van der Waals surface area (Å²) in [6.07, 6.45) is 1.46. The van der Waals surface area contributed by atoms with Gasteiger partial charge in [-0.05, 0) is 67.9 Å². The monoisotopic (exact) mass is 452 g/mol. The first kappa shape index (κ1) is 22.3. The van der Waals surface area contributed by atoms with Gasteiger partial charge in [0.05, 0.1) is 0 Å². The number of nitrogens with zero attached hydrogens (tertiary/aromatic N) is 1. The summed E-state index contributed by atoms with van der Waals surface area (Å²) in [6.45, 7) is 2.43. The third-order valence-corrected chi connectivity index (χ3v) is 6.13. The third-order valence-electron chi connectivity index (χ3n) is 5.77. The summed E-state index contributed by atoms with van der Waals surface area (Å²) in [5, 5.41) is 3.45. The van der Waals surface area contributed by atoms with Crippen molar-refractivity contribution in [2.75, 3.05) is 18.4 Å². The molecule has 1 amide bonds. The molecule has 1 aliphatic rings. The number of nitrogens with one attached hydrogen (secondary N) is 1. The molecule has 0 saturated carbocycles. The molecule has 3 aromatic carbocycles. The van der Waals surface area contributed by atoms with Crippen LogP contribution in [0.2, 0.25) is 5.02 Å². The Bertz CT molecular complexity index is 1020. The third kappa shape index (κ3) is 5.87. The fourth-order valence-corrected chi connectivity index (χ4v) is 4.10. The van der Waals surface area contributed by atoms with Gasteiger partial charge in [0, 0.05) is 28.7 Å². The molecule has 32 heavy (non-hydrogen) atoms. The number of piperidine rings is 1. The smallest absolute Gasteiger partial charge is 0.227 e. The number of ether oxygens (including phenoxy) is 1. The molecule has 1 fully saturated rings. The van der Waals surface area contributed by atoms with E-state index in [0.717, 1.165) is 42.9 Å². The van der Waals surface area contributed by atoms with Crippen LogP contribution in [0.5, 0.6) is 5.75 Å². The summed E-state index contributed by atoms with van der Waals surface area (Å²) in [4.78, 5) is 14.8. The van der Waals surface area contributed by atoms with Gasteiger partial charge in [-0.25, -0.2) is 4.39 Å². The molecule has 166 valence electrons. The van der Waals surface area contributed by atoms with Crippen LogP contribution in [0.25, 0.3) is 0 Å². The average molecular weight is 453 g/mol. The van der Waals surface area contributed by atoms with E-state index in [9.17, 15) is 9.18 Å². The Morgan fingerprint density at radius 1 is 1.00 bits per heavy atom. The molecule has 0 aromatic heterocycles. The summed E-state index contributed by atoms with van der Waals surface area (Å²) in [7, 11) is 0. The molecule has 0 radical (unpaired) electrons. The number of carbonyl (C=O) groups is 1. The molecule has 0 spiro atoms. The number of amides is 1. The Labute approximate surface area is 193 Å². The first-order chi connectivity index (χ1) is 15.6. The standard InChI is InChI=1S/C26H26ClFN2O2/c27-24-7-4-8-25(28)23(24)17-30-15-13-20(14-16-30)26(31)29-21-9-11-22(12-10-21)32-18-19-5-2-1-3-6-19/h1-12,20H,13-18H2,(H,29,31). The van der Waals surface area contributed by atoms with Gasteiger partial charge in [-0.1, -0.05) is 48.0 Å². The molecule has 1 N–H and O–H groups in total. The summed E-state index contributed by atoms with van der Waals surface area (Å²) in [6, 6.07) is 22.2. The van der Waals surface area contributed by atoms with Crippen molar-refractivity contribution in [1.29, 1.82) is 0 Å². The van der Waals surface area contributed by atoms with Crippen LogP contribution in [-0.2, 0) is 17.9 Å². The van der Waals surface area contributed by atoms with E-state index in [0.29, 0.717) is 23.7 Å². The predicted octanol–water partition coefficient (Wildman–Crippen LogP) is 5.91. The molecule has 0 atom stereocenters. The van der Waals surface area contributed by atoms with Crippen molar-refractivity contribution >= 4 is 23.2 Å². The molecule has 0 unspecified atom stereocenters. The van der Waals surface area contributed by atoms with Gasteiger partial charge in [-0.15, -0.1) is 0 Å². The Morgan fingerprint density at radius 2 is 1.72 bits per heavy atom. The van der Waals surface area contributed by atoms with Crippen molar-refractivity contribution in [1.82, 2.24) is 4.90 Å². The minimum Gasteiger partial charge on any atom is -0.489 e. The van der Waals surface area contributed by atoms with E-state index in [2.05, 4.69) is 10.2 Å². The van der Waals surface area contributed by atoms with E-state index in [1.807, 2.05) is 54.6 Å². The van der Waals surface area contributed by atoms with Crippen LogP contribution >= 0.6 is 11.6 Å². The highest BCUT2D eigenvalue weighted by molar-refractivity contribution is 6.31. The van der Waals surface area contributed by atoms with Crippen molar-refractivity contribution in [2.24, 2.45) is 5.92 Å². The summed E-state index contributed by atoms with van der Waals surface area (Å²) < 4.78 is 19.8. The summed E-state index contributed by atoms with van der Waals surface area (Å²) >= 11 is 6.14. The van der Waals surface area contributed by atoms with E-state index in [1.165, 1.54) is 6.07 Å². The summed E-state index contributed by atoms with van der Waals surface area (Å²) in [5.74, 6) is 0.434. The quantitative estimate of drug-likeness (QED) is 0.484. The van der Waals surface area contributed by atoms with Gasteiger partial charge in [0.1, 0.15) is 18.2 Å². The van der Waals surface area contributed by atoms with Crippen LogP contribution in [0.3, 0.4) is 0 Å². The Kier molecular flexibility index (Phi) is 7.40. The van der Waals surface area contributed by atoms with Crippen molar-refractivity contribution in [3.8, 4) is 5.75 Å². The fourth-order valence-electron chi connectivity index (χ4n) is 3.88. The summed E-state index contributed by atoms with van der Waals surface area (Å²) in [5.41, 5.74) is 2.38. The largest absolute Gasteiger partial charge is 0.489 e. The van der Waals surface area contributed by atoms with E-state index in [1.54, 1.807) is 12.1 Å². The Morgan fingerprint density at radius 3 is 2.41 bits per heavy atom. The van der Waals surface area contributed by atoms with Gasteiger partial charge in [-0.3, -0.25) is 9.69 Å². The van der Waals surface area contributed by atoms with Gasteiger partial charge in [0.2, 0.25) is 5.91 Å². The molecule has 1 saturated heterocycles. The zero-order chi connectivity index (χ0) is 22.3. The van der Waals surface area contributed by atoms with Crippen LogP contribution < -0.4 is 10.1 Å². The molecule has 3 aromatic rings. The molecule has 4 rings (SSSR count). The zero-order valence-electron chi connectivity index (χ0n) is 17.8. The maximum atomic E-state index is 14.0. The second-order valence-corrected chi connectivity index (χ2v) is 8.45. The van der Waals surface area contributed by atoms with Crippen LogP contribution in [0.1, 0.15) is 24.0 Å². The highest BCUT2D eigenvalue weighted by Gasteiger charge is 2.26. The van der Waals surface area contributed by atoms with E-state index in [4.69, 9.17) is 16.3 Å². The second kappa shape index (κ2) is 10.6. The maximum absolute atomic E-state index is 14.0. The molecule has 0 aliphatic carbocycles. The van der Waals surface area contributed by atoms with Gasteiger partial charge in [-0.2, -0.15) is 0 Å². The number of halogens is 2. The number of hydrogen-bond acceptors (Lipinski definition) is 3. The number of hydrogen-bond donors (Lipinski definition) is 1. The first-order valence-corrected chi connectivity index (χ1v) is 11.2. The molecular weight excluding hydrogens is 427 g/mol. The SMILES string of the molecule is O=C(Nc1ccc(OCc2ccccc2)cc1)C1CCN(Cc2c(F)cccc2Cl)CC1. The van der Waals surface area contributed by atoms with E-state index in [-0.39, 0.29) is 17.6 Å². The highest BCUT2D eigenvalue weighted by Crippen LogP contribution is 2.25. The number of likely N-dealkylation sites (tertiary alicyclic amines) is 1. The Balaban J connectivity index is 1.24. The topological polar surface area (TPSA) is 41.6 Å². The molecular formula is C26H26ClFN2O2. The number of carbonyl (C=O) groups excluding carboxylic acids is 1. The van der Waals surface area contributed by atoms with Gasteiger partial charge in [0.15, 0.2) is 0 Å². The van der Waals surface area contributed by atoms with Crippen LogP contribution in [0.4, 0.5) is 10.1 Å². The average Bonchev–Trinajstić information content (AvgIpc) is 2.82. The molecule has 6 heteroatoms. The minimum absolute atomic E-state index is 0.0199. The molecule has 1 heterocycles. The lowest BCUT2D eigenvalue weighted by Gasteiger charge is -2.31. The Hall–Kier alpha value is -2.89. The van der Waals surface area contributed by atoms with E-state index < -0.39 is 0 Å².